The summed E-state index contributed by atoms with van der Waals surface area (Å²) in [5.74, 6) is 0.511. The minimum absolute atomic E-state index is 0.0455. The predicted molar refractivity (Wildman–Crippen MR) is 62.3 cm³/mol. The quantitative estimate of drug-likeness (QED) is 0.721. The average Bonchev–Trinajstić information content (AvgIpc) is 2.20. The molecule has 1 heterocycles. The zero-order valence-electron chi connectivity index (χ0n) is 9.26. The number of nitrogens with zero attached hydrogens (tertiary/aromatic N) is 1. The summed E-state index contributed by atoms with van der Waals surface area (Å²) in [5, 5.41) is 2.96. The van der Waals surface area contributed by atoms with Crippen LogP contribution in [-0.2, 0) is 6.42 Å². The summed E-state index contributed by atoms with van der Waals surface area (Å²) in [7, 11) is 0. The van der Waals surface area contributed by atoms with E-state index in [4.69, 9.17) is 0 Å². The van der Waals surface area contributed by atoms with Gasteiger partial charge in [0.1, 0.15) is 0 Å². The van der Waals surface area contributed by atoms with E-state index in [1.54, 1.807) is 6.08 Å². The molecule has 0 aliphatic heterocycles. The van der Waals surface area contributed by atoms with E-state index in [1.165, 1.54) is 0 Å². The molecule has 0 fully saturated rings. The van der Waals surface area contributed by atoms with Crippen molar-refractivity contribution in [3.05, 3.63) is 34.3 Å². The SMILES string of the molecule is C=CCNc1nc(C)c(CCC)c(=O)[nH]1. The van der Waals surface area contributed by atoms with Crippen LogP contribution in [0.5, 0.6) is 0 Å². The van der Waals surface area contributed by atoms with E-state index in [0.29, 0.717) is 12.5 Å². The molecule has 82 valence electrons. The summed E-state index contributed by atoms with van der Waals surface area (Å²) < 4.78 is 0. The second-order valence-electron chi connectivity index (χ2n) is 3.40. The second kappa shape index (κ2) is 5.34. The van der Waals surface area contributed by atoms with Gasteiger partial charge in [-0.3, -0.25) is 9.78 Å². The Morgan fingerprint density at radius 1 is 1.60 bits per heavy atom. The number of aryl methyl sites for hydroxylation is 1. The molecule has 1 aromatic rings. The molecule has 0 aliphatic carbocycles. The van der Waals surface area contributed by atoms with Gasteiger partial charge in [-0.15, -0.1) is 6.58 Å². The van der Waals surface area contributed by atoms with Crippen molar-refractivity contribution in [2.45, 2.75) is 26.7 Å². The molecule has 0 spiro atoms. The second-order valence-corrected chi connectivity index (χ2v) is 3.40. The van der Waals surface area contributed by atoms with Gasteiger partial charge in [0.25, 0.3) is 5.56 Å². The van der Waals surface area contributed by atoms with Gasteiger partial charge in [0, 0.05) is 17.8 Å². The summed E-state index contributed by atoms with van der Waals surface area (Å²) >= 11 is 0. The van der Waals surface area contributed by atoms with Crippen molar-refractivity contribution in [1.29, 1.82) is 0 Å². The van der Waals surface area contributed by atoms with Gasteiger partial charge in [0.2, 0.25) is 5.95 Å². The van der Waals surface area contributed by atoms with Gasteiger partial charge in [-0.2, -0.15) is 0 Å². The lowest BCUT2D eigenvalue weighted by Gasteiger charge is -2.06. The number of aromatic amines is 1. The highest BCUT2D eigenvalue weighted by atomic mass is 16.1. The van der Waals surface area contributed by atoms with Crippen LogP contribution in [0.1, 0.15) is 24.6 Å². The zero-order valence-corrected chi connectivity index (χ0v) is 9.26. The third-order valence-corrected chi connectivity index (χ3v) is 2.14. The standard InChI is InChI=1S/C11H17N3O/c1-4-6-9-8(3)13-11(12-7-5-2)14-10(9)15/h5H,2,4,6-7H2,1,3H3,(H2,12,13,14,15). The Labute approximate surface area is 89.4 Å². The van der Waals surface area contributed by atoms with Crippen molar-refractivity contribution in [1.82, 2.24) is 9.97 Å². The molecule has 2 N–H and O–H groups in total. The fraction of sp³-hybridized carbons (Fsp3) is 0.455. The summed E-state index contributed by atoms with van der Waals surface area (Å²) in [5.41, 5.74) is 1.53. The summed E-state index contributed by atoms with van der Waals surface area (Å²) in [6.07, 6.45) is 3.44. The van der Waals surface area contributed by atoms with E-state index < -0.39 is 0 Å². The fourth-order valence-electron chi connectivity index (χ4n) is 1.41. The topological polar surface area (TPSA) is 57.8 Å². The Morgan fingerprint density at radius 2 is 2.33 bits per heavy atom. The maximum absolute atomic E-state index is 11.7. The number of nitrogens with one attached hydrogen (secondary N) is 2. The molecule has 0 aromatic carbocycles. The molecule has 0 radical (unpaired) electrons. The van der Waals surface area contributed by atoms with Crippen LogP contribution in [0.3, 0.4) is 0 Å². The van der Waals surface area contributed by atoms with Crippen LogP contribution >= 0.6 is 0 Å². The van der Waals surface area contributed by atoms with Gasteiger partial charge in [0.05, 0.1) is 0 Å². The zero-order chi connectivity index (χ0) is 11.3. The van der Waals surface area contributed by atoms with Crippen LogP contribution in [0.4, 0.5) is 5.95 Å². The molecule has 1 aromatic heterocycles. The number of rotatable bonds is 5. The molecule has 0 saturated carbocycles. The van der Waals surface area contributed by atoms with Crippen molar-refractivity contribution in [3.63, 3.8) is 0 Å². The molecule has 4 nitrogen and oxygen atoms in total. The maximum Gasteiger partial charge on any atom is 0.255 e. The average molecular weight is 207 g/mol. The first kappa shape index (κ1) is 11.5. The lowest BCUT2D eigenvalue weighted by atomic mass is 10.1. The van der Waals surface area contributed by atoms with Crippen molar-refractivity contribution >= 4 is 5.95 Å². The molecule has 4 heteroatoms. The van der Waals surface area contributed by atoms with Crippen molar-refractivity contribution < 1.29 is 0 Å². The third-order valence-electron chi connectivity index (χ3n) is 2.14. The largest absolute Gasteiger partial charge is 0.352 e. The van der Waals surface area contributed by atoms with Gasteiger partial charge in [-0.25, -0.2) is 4.98 Å². The molecule has 0 aliphatic rings. The Morgan fingerprint density at radius 3 is 2.87 bits per heavy atom. The van der Waals surface area contributed by atoms with E-state index in [-0.39, 0.29) is 5.56 Å². The molecule has 0 bridgehead atoms. The number of anilines is 1. The molecule has 0 saturated heterocycles. The van der Waals surface area contributed by atoms with Crippen LogP contribution in [0.15, 0.2) is 17.4 Å². The molecule has 15 heavy (non-hydrogen) atoms. The Balaban J connectivity index is 2.97. The number of aromatic nitrogens is 2. The maximum atomic E-state index is 11.7. The van der Waals surface area contributed by atoms with Crippen LogP contribution in [-0.4, -0.2) is 16.5 Å². The summed E-state index contributed by atoms with van der Waals surface area (Å²) in [6, 6.07) is 0. The van der Waals surface area contributed by atoms with Crippen molar-refractivity contribution in [2.75, 3.05) is 11.9 Å². The lowest BCUT2D eigenvalue weighted by molar-refractivity contribution is 0.866. The smallest absolute Gasteiger partial charge is 0.255 e. The monoisotopic (exact) mass is 207 g/mol. The normalized spacial score (nSPS) is 10.0. The minimum atomic E-state index is -0.0455. The van der Waals surface area contributed by atoms with Crippen LogP contribution in [0, 0.1) is 6.92 Å². The molecule has 0 unspecified atom stereocenters. The fourth-order valence-corrected chi connectivity index (χ4v) is 1.41. The Kier molecular flexibility index (Phi) is 4.09. The highest BCUT2D eigenvalue weighted by Gasteiger charge is 2.06. The summed E-state index contributed by atoms with van der Waals surface area (Å²) in [6.45, 7) is 8.08. The van der Waals surface area contributed by atoms with Gasteiger partial charge >= 0.3 is 0 Å². The molecular formula is C11H17N3O. The number of hydrogen-bond donors (Lipinski definition) is 2. The van der Waals surface area contributed by atoms with E-state index in [1.807, 2.05) is 13.8 Å². The van der Waals surface area contributed by atoms with Crippen LogP contribution in [0.2, 0.25) is 0 Å². The van der Waals surface area contributed by atoms with Crippen LogP contribution in [0.25, 0.3) is 0 Å². The molecular weight excluding hydrogens is 190 g/mol. The summed E-state index contributed by atoms with van der Waals surface area (Å²) in [4.78, 5) is 18.6. The van der Waals surface area contributed by atoms with E-state index >= 15 is 0 Å². The van der Waals surface area contributed by atoms with Crippen molar-refractivity contribution in [2.24, 2.45) is 0 Å². The lowest BCUT2D eigenvalue weighted by Crippen LogP contribution is -2.19. The van der Waals surface area contributed by atoms with E-state index in [0.717, 1.165) is 24.1 Å². The van der Waals surface area contributed by atoms with Crippen LogP contribution < -0.4 is 10.9 Å². The minimum Gasteiger partial charge on any atom is -0.352 e. The van der Waals surface area contributed by atoms with Crippen molar-refractivity contribution in [3.8, 4) is 0 Å². The number of H-pyrrole nitrogens is 1. The first-order valence-electron chi connectivity index (χ1n) is 5.13. The highest BCUT2D eigenvalue weighted by Crippen LogP contribution is 2.04. The van der Waals surface area contributed by atoms with E-state index in [9.17, 15) is 4.79 Å². The van der Waals surface area contributed by atoms with Gasteiger partial charge < -0.3 is 5.32 Å². The third kappa shape index (κ3) is 2.94. The van der Waals surface area contributed by atoms with Gasteiger partial charge in [-0.05, 0) is 13.3 Å². The number of hydrogen-bond acceptors (Lipinski definition) is 3. The first-order chi connectivity index (χ1) is 7.19. The molecule has 1 rings (SSSR count). The Hall–Kier alpha value is -1.58. The van der Waals surface area contributed by atoms with E-state index in [2.05, 4.69) is 21.9 Å². The van der Waals surface area contributed by atoms with Gasteiger partial charge in [0.15, 0.2) is 0 Å². The molecule has 0 atom stereocenters. The predicted octanol–water partition coefficient (Wildman–Crippen LogP) is 1.63. The van der Waals surface area contributed by atoms with Gasteiger partial charge in [-0.1, -0.05) is 19.4 Å². The highest BCUT2D eigenvalue weighted by molar-refractivity contribution is 5.29. The molecule has 0 amide bonds. The first-order valence-corrected chi connectivity index (χ1v) is 5.13. The Bertz CT molecular complexity index is 395.